The van der Waals surface area contributed by atoms with Crippen molar-refractivity contribution in [2.24, 2.45) is 0 Å². The smallest absolute Gasteiger partial charge is 0.462 e. The molecule has 0 heterocycles. The zero-order chi connectivity index (χ0) is 50.5. The summed E-state index contributed by atoms with van der Waals surface area (Å²) in [4.78, 5) is 66.0. The van der Waals surface area contributed by atoms with Crippen molar-refractivity contribution in [3.63, 3.8) is 0 Å². The lowest BCUT2D eigenvalue weighted by atomic mass is 9.85. The highest BCUT2D eigenvalue weighted by molar-refractivity contribution is 7.47. The Hall–Kier alpha value is -3.15. The van der Waals surface area contributed by atoms with E-state index in [1.165, 1.54) is 19.3 Å². The Morgan fingerprint density at radius 2 is 1.01 bits per heavy atom. The molecule has 0 amide bonds. The van der Waals surface area contributed by atoms with E-state index in [2.05, 4.69) is 54.8 Å². The summed E-state index contributed by atoms with van der Waals surface area (Å²) >= 11 is 0. The minimum atomic E-state index is -5.39. The topological polar surface area (TPSA) is 273 Å². The molecule has 1 rings (SSSR count). The van der Waals surface area contributed by atoms with Gasteiger partial charge in [-0.05, 0) is 76.7 Å². The van der Waals surface area contributed by atoms with E-state index in [1.807, 2.05) is 30.4 Å². The minimum Gasteiger partial charge on any atom is -0.462 e. The second-order valence-corrected chi connectivity index (χ2v) is 19.1. The lowest BCUT2D eigenvalue weighted by Crippen LogP contribution is -2.64. The van der Waals surface area contributed by atoms with Crippen molar-refractivity contribution in [3.8, 4) is 0 Å². The highest BCUT2D eigenvalue weighted by Gasteiger charge is 2.54. The fourth-order valence-corrected chi connectivity index (χ4v) is 8.17. The van der Waals surface area contributed by atoms with E-state index in [0.717, 1.165) is 77.0 Å². The molecule has 1 fully saturated rings. The fraction of sp³-hybridized carbons (Fsp3) is 0.653. The number of ketones is 1. The summed E-state index contributed by atoms with van der Waals surface area (Å²) in [5, 5.41) is 41.2. The van der Waals surface area contributed by atoms with Gasteiger partial charge in [0.05, 0.1) is 6.61 Å². The molecule has 0 aromatic rings. The van der Waals surface area contributed by atoms with Crippen molar-refractivity contribution in [1.82, 2.24) is 0 Å². The number of phosphoric ester groups is 2. The van der Waals surface area contributed by atoms with Crippen LogP contribution >= 0.6 is 15.6 Å². The summed E-state index contributed by atoms with van der Waals surface area (Å²) in [7, 11) is -10.7. The van der Waals surface area contributed by atoms with Gasteiger partial charge in [-0.25, -0.2) is 9.13 Å². The molecular weight excluding hydrogens is 922 g/mol. The van der Waals surface area contributed by atoms with Crippen molar-refractivity contribution in [3.05, 3.63) is 85.1 Å². The van der Waals surface area contributed by atoms with Crippen LogP contribution in [0.4, 0.5) is 0 Å². The molecule has 17 nitrogen and oxygen atoms in total. The number of unbranched alkanes of at least 4 members (excludes halogenated alkanes) is 10. The molecule has 0 bridgehead atoms. The summed E-state index contributed by atoms with van der Waals surface area (Å²) in [6.45, 7) is 2.83. The van der Waals surface area contributed by atoms with E-state index in [9.17, 15) is 58.6 Å². The summed E-state index contributed by atoms with van der Waals surface area (Å²) in [6, 6.07) is 0. The molecule has 19 heteroatoms. The first-order valence-electron chi connectivity index (χ1n) is 24.1. The Kier molecular flexibility index (Phi) is 35.7. The maximum Gasteiger partial charge on any atom is 0.472 e. The molecule has 0 aliphatic heterocycles. The number of hydrogen-bond donors (Lipinski definition) is 7. The van der Waals surface area contributed by atoms with Gasteiger partial charge >= 0.3 is 27.6 Å². The van der Waals surface area contributed by atoms with Crippen LogP contribution in [-0.2, 0) is 46.6 Å². The standard InChI is InChI=1S/C49H80O17P2/c1-3-5-7-8-9-10-11-12-13-14-15-16-17-18-19-22-26-29-33-37-43(52)64-41(38-62-42(51)36-32-28-25-23-20-21-24-27-31-35-40(50)34-30-6-4-2)39-63-68(60,61)66-49-46(55)44(53)45(54)48(47(49)56)65-67(57,58)59/h9-10,12-13,15-16,18-19,24,26-27,29,31,35,41,44-49,53-56H,3-8,11,14,17,20-23,25,28,30,32-34,36-39H2,1-2H3,(H,60,61)(H2,57,58,59)/b10-9-,13-12-,16-15-,19-18-,27-24-,29-26-,35-31+/t41-,44?,45?,46?,47?,48-,49+/m1/s1. The van der Waals surface area contributed by atoms with Crippen LogP contribution in [0.3, 0.4) is 0 Å². The third kappa shape index (κ3) is 32.6. The van der Waals surface area contributed by atoms with E-state index in [0.29, 0.717) is 25.7 Å². The van der Waals surface area contributed by atoms with Gasteiger partial charge < -0.3 is 44.6 Å². The molecule has 0 aromatic carbocycles. The van der Waals surface area contributed by atoms with Gasteiger partial charge in [0.2, 0.25) is 0 Å². The first-order valence-corrected chi connectivity index (χ1v) is 27.1. The zero-order valence-corrected chi connectivity index (χ0v) is 41.8. The Bertz CT molecular complexity index is 1700. The second-order valence-electron chi connectivity index (χ2n) is 16.5. The molecule has 388 valence electrons. The lowest BCUT2D eigenvalue weighted by molar-refractivity contribution is -0.216. The van der Waals surface area contributed by atoms with Crippen LogP contribution in [0.5, 0.6) is 0 Å². The average molecular weight is 1000 g/mol. The summed E-state index contributed by atoms with van der Waals surface area (Å²) < 4.78 is 49.2. The maximum atomic E-state index is 13.0. The summed E-state index contributed by atoms with van der Waals surface area (Å²) in [5.41, 5.74) is 0. The maximum absolute atomic E-state index is 13.0. The van der Waals surface area contributed by atoms with E-state index in [-0.39, 0.29) is 18.6 Å². The number of carbonyl (C=O) groups excluding carboxylic acids is 3. The number of aliphatic hydroxyl groups is 4. The Labute approximate surface area is 403 Å². The highest BCUT2D eigenvalue weighted by Crippen LogP contribution is 2.49. The fourth-order valence-electron chi connectivity index (χ4n) is 6.64. The largest absolute Gasteiger partial charge is 0.472 e. The molecular formula is C49H80O17P2. The highest BCUT2D eigenvalue weighted by atomic mass is 31.2. The molecule has 1 aliphatic carbocycles. The minimum absolute atomic E-state index is 0.0494. The van der Waals surface area contributed by atoms with Gasteiger partial charge in [-0.2, -0.15) is 0 Å². The number of phosphoric acid groups is 2. The van der Waals surface area contributed by atoms with Gasteiger partial charge in [-0.3, -0.25) is 28.0 Å². The predicted molar refractivity (Wildman–Crippen MR) is 260 cm³/mol. The van der Waals surface area contributed by atoms with Crippen LogP contribution in [0.2, 0.25) is 0 Å². The number of esters is 2. The molecule has 0 spiro atoms. The number of aliphatic hydroxyl groups excluding tert-OH is 4. The molecule has 7 N–H and O–H groups in total. The molecule has 68 heavy (non-hydrogen) atoms. The van der Waals surface area contributed by atoms with Gasteiger partial charge in [-0.1, -0.05) is 138 Å². The Balaban J connectivity index is 2.67. The first kappa shape index (κ1) is 62.9. The van der Waals surface area contributed by atoms with Crippen molar-refractivity contribution in [2.75, 3.05) is 13.2 Å². The first-order chi connectivity index (χ1) is 32.5. The molecule has 1 saturated carbocycles. The molecule has 8 atom stereocenters. The molecule has 0 saturated heterocycles. The average Bonchev–Trinajstić information content (AvgIpc) is 3.29. The molecule has 0 radical (unpaired) electrons. The zero-order valence-electron chi connectivity index (χ0n) is 40.0. The normalized spacial score (nSPS) is 21.9. The van der Waals surface area contributed by atoms with E-state index < -0.39 is 83.5 Å². The lowest BCUT2D eigenvalue weighted by Gasteiger charge is -2.43. The van der Waals surface area contributed by atoms with Crippen molar-refractivity contribution < 1.29 is 81.7 Å². The number of rotatable bonds is 39. The quantitative estimate of drug-likeness (QED) is 0.00758. The van der Waals surface area contributed by atoms with E-state index in [1.54, 1.807) is 18.2 Å². The van der Waals surface area contributed by atoms with Crippen LogP contribution in [0.25, 0.3) is 0 Å². The van der Waals surface area contributed by atoms with Crippen LogP contribution < -0.4 is 0 Å². The van der Waals surface area contributed by atoms with Crippen LogP contribution in [0.1, 0.15) is 149 Å². The van der Waals surface area contributed by atoms with Gasteiger partial charge in [0.15, 0.2) is 11.9 Å². The van der Waals surface area contributed by atoms with E-state index >= 15 is 0 Å². The van der Waals surface area contributed by atoms with Crippen molar-refractivity contribution >= 4 is 33.4 Å². The van der Waals surface area contributed by atoms with Gasteiger partial charge in [0, 0.05) is 19.3 Å². The van der Waals surface area contributed by atoms with E-state index in [4.69, 9.17) is 18.5 Å². The second kappa shape index (κ2) is 38.6. The molecule has 5 unspecified atom stereocenters. The van der Waals surface area contributed by atoms with Crippen LogP contribution in [0.15, 0.2) is 85.1 Å². The van der Waals surface area contributed by atoms with Crippen molar-refractivity contribution in [1.29, 1.82) is 0 Å². The third-order valence-electron chi connectivity index (χ3n) is 10.4. The number of ether oxygens (including phenoxy) is 2. The Morgan fingerprint density at radius 1 is 0.515 bits per heavy atom. The molecule has 1 aliphatic rings. The van der Waals surface area contributed by atoms with Gasteiger partial charge in [-0.15, -0.1) is 0 Å². The third-order valence-corrected chi connectivity index (χ3v) is 11.9. The van der Waals surface area contributed by atoms with Gasteiger partial charge in [0.1, 0.15) is 43.2 Å². The number of carbonyl (C=O) groups is 3. The SMILES string of the molecule is CCCCC/C=C\C/C=C\C/C=C\C/C=C\C/C=C\CCC(=O)O[C@H](COC(=O)CCCCCCC/C=C\C=C\C(=O)CCCCC)COP(=O)(O)O[C@H]1C(O)C(O)C(O)[C@@H](OP(=O)(O)O)C1O. The van der Waals surface area contributed by atoms with Crippen molar-refractivity contribution in [2.45, 2.75) is 191 Å². The summed E-state index contributed by atoms with van der Waals surface area (Å²) in [6.07, 6.45) is 29.6. The predicted octanol–water partition coefficient (Wildman–Crippen LogP) is 8.57. The summed E-state index contributed by atoms with van der Waals surface area (Å²) in [5.74, 6) is -1.25. The van der Waals surface area contributed by atoms with Crippen LogP contribution in [0, 0.1) is 0 Å². The number of allylic oxidation sites excluding steroid dienone is 14. The van der Waals surface area contributed by atoms with Crippen LogP contribution in [-0.4, -0.2) is 109 Å². The Morgan fingerprint density at radius 3 is 1.62 bits per heavy atom. The number of hydrogen-bond acceptors (Lipinski definition) is 14. The molecule has 0 aromatic heterocycles. The van der Waals surface area contributed by atoms with Gasteiger partial charge in [0.25, 0.3) is 0 Å². The monoisotopic (exact) mass is 1000 g/mol.